The number of carboxylic acids is 1. The molecule has 1 N–H and O–H groups in total. The number of carboxylic acid groups (broad SMARTS) is 1. The Morgan fingerprint density at radius 2 is 2.00 bits per heavy atom. The highest BCUT2D eigenvalue weighted by Crippen LogP contribution is 2.33. The molecule has 0 aromatic heterocycles. The summed E-state index contributed by atoms with van der Waals surface area (Å²) in [5.41, 5.74) is 0.216. The molecule has 0 radical (unpaired) electrons. The van der Waals surface area contributed by atoms with Crippen molar-refractivity contribution in [1.29, 1.82) is 0 Å². The van der Waals surface area contributed by atoms with Crippen molar-refractivity contribution in [3.05, 3.63) is 35.9 Å². The van der Waals surface area contributed by atoms with Gasteiger partial charge in [0.25, 0.3) is 0 Å². The normalized spacial score (nSPS) is 14.2. The highest BCUT2D eigenvalue weighted by Gasteiger charge is 2.37. The first kappa shape index (κ1) is 14.1. The zero-order valence-corrected chi connectivity index (χ0v) is 11.3. The Morgan fingerprint density at radius 3 is 2.47 bits per heavy atom. The first-order valence-corrected chi connectivity index (χ1v) is 7.34. The van der Waals surface area contributed by atoms with E-state index in [0.717, 1.165) is 17.7 Å². The summed E-state index contributed by atoms with van der Waals surface area (Å²) < 4.78 is 0. The zero-order chi connectivity index (χ0) is 12.7. The molecule has 0 aliphatic carbocycles. The maximum absolute atomic E-state index is 11.6. The average molecular weight is 252 g/mol. The van der Waals surface area contributed by atoms with Gasteiger partial charge in [-0.3, -0.25) is 4.79 Å². The number of thioether (sulfide) groups is 1. The van der Waals surface area contributed by atoms with E-state index in [1.54, 1.807) is 11.8 Å². The van der Waals surface area contributed by atoms with Crippen molar-refractivity contribution < 1.29 is 9.90 Å². The van der Waals surface area contributed by atoms with Crippen LogP contribution < -0.4 is 0 Å². The highest BCUT2D eigenvalue weighted by atomic mass is 32.2. The van der Waals surface area contributed by atoms with Crippen molar-refractivity contribution >= 4 is 17.7 Å². The molecular formula is C14H20O2S. The minimum Gasteiger partial charge on any atom is -0.481 e. The summed E-state index contributed by atoms with van der Waals surface area (Å²) in [5.74, 6) is 0.314. The van der Waals surface area contributed by atoms with Gasteiger partial charge in [0, 0.05) is 0 Å². The summed E-state index contributed by atoms with van der Waals surface area (Å²) in [6.07, 6.45) is 4.34. The van der Waals surface area contributed by atoms with E-state index in [2.05, 4.69) is 6.26 Å². The second kappa shape index (κ2) is 6.70. The number of hydrogen-bond acceptors (Lipinski definition) is 2. The maximum atomic E-state index is 11.6. The lowest BCUT2D eigenvalue weighted by molar-refractivity contribution is -0.144. The lowest BCUT2D eigenvalue weighted by Gasteiger charge is -2.28. The molecule has 0 spiro atoms. The van der Waals surface area contributed by atoms with Crippen LogP contribution in [-0.4, -0.2) is 23.1 Å². The first-order chi connectivity index (χ1) is 8.17. The van der Waals surface area contributed by atoms with E-state index in [4.69, 9.17) is 0 Å². The molecule has 1 aromatic rings. The molecule has 1 unspecified atom stereocenters. The quantitative estimate of drug-likeness (QED) is 0.754. The van der Waals surface area contributed by atoms with Crippen LogP contribution in [0.25, 0.3) is 0 Å². The second-order valence-corrected chi connectivity index (χ2v) is 5.19. The van der Waals surface area contributed by atoms with Gasteiger partial charge in [0.15, 0.2) is 0 Å². The molecule has 1 atom stereocenters. The van der Waals surface area contributed by atoms with Crippen LogP contribution in [0.1, 0.15) is 31.7 Å². The summed E-state index contributed by atoms with van der Waals surface area (Å²) in [5, 5.41) is 9.57. The van der Waals surface area contributed by atoms with Gasteiger partial charge < -0.3 is 5.11 Å². The van der Waals surface area contributed by atoms with E-state index in [9.17, 15) is 9.90 Å². The third-order valence-electron chi connectivity index (χ3n) is 3.29. The molecule has 0 aliphatic heterocycles. The predicted molar refractivity (Wildman–Crippen MR) is 73.7 cm³/mol. The van der Waals surface area contributed by atoms with Gasteiger partial charge in [-0.05, 0) is 36.8 Å². The minimum atomic E-state index is -0.711. The number of rotatable bonds is 7. The van der Waals surface area contributed by atoms with Crippen molar-refractivity contribution in [2.45, 2.75) is 31.6 Å². The number of benzene rings is 1. The average Bonchev–Trinajstić information content (AvgIpc) is 2.36. The van der Waals surface area contributed by atoms with Crippen LogP contribution in [0.2, 0.25) is 0 Å². The Hall–Kier alpha value is -0.960. The van der Waals surface area contributed by atoms with E-state index in [-0.39, 0.29) is 0 Å². The van der Waals surface area contributed by atoms with Gasteiger partial charge in [0.2, 0.25) is 0 Å². The zero-order valence-electron chi connectivity index (χ0n) is 10.5. The SMILES string of the molecule is CCC(CCCSC)(C(=O)O)c1ccccc1. The third-order valence-corrected chi connectivity index (χ3v) is 3.99. The van der Waals surface area contributed by atoms with E-state index < -0.39 is 11.4 Å². The minimum absolute atomic E-state index is 0.640. The van der Waals surface area contributed by atoms with E-state index in [0.29, 0.717) is 12.8 Å². The van der Waals surface area contributed by atoms with Crippen molar-refractivity contribution in [3.8, 4) is 0 Å². The van der Waals surface area contributed by atoms with Crippen LogP contribution in [0.5, 0.6) is 0 Å². The number of aliphatic carboxylic acids is 1. The van der Waals surface area contributed by atoms with Gasteiger partial charge in [-0.15, -0.1) is 0 Å². The molecule has 0 heterocycles. The topological polar surface area (TPSA) is 37.3 Å². The molecule has 1 aromatic carbocycles. The fourth-order valence-electron chi connectivity index (χ4n) is 2.18. The molecule has 3 heteroatoms. The lowest BCUT2D eigenvalue weighted by Crippen LogP contribution is -2.35. The van der Waals surface area contributed by atoms with Crippen LogP contribution in [0.3, 0.4) is 0 Å². The van der Waals surface area contributed by atoms with Gasteiger partial charge in [0.1, 0.15) is 0 Å². The predicted octanol–water partition coefficient (Wildman–Crippen LogP) is 3.56. The van der Waals surface area contributed by atoms with Crippen LogP contribution in [0.15, 0.2) is 30.3 Å². The van der Waals surface area contributed by atoms with E-state index >= 15 is 0 Å². The maximum Gasteiger partial charge on any atom is 0.314 e. The molecular weight excluding hydrogens is 232 g/mol. The molecule has 0 fully saturated rings. The largest absolute Gasteiger partial charge is 0.481 e. The van der Waals surface area contributed by atoms with Crippen LogP contribution in [0.4, 0.5) is 0 Å². The number of hydrogen-bond donors (Lipinski definition) is 1. The highest BCUT2D eigenvalue weighted by molar-refractivity contribution is 7.98. The fourth-order valence-corrected chi connectivity index (χ4v) is 2.62. The van der Waals surface area contributed by atoms with Gasteiger partial charge in [-0.25, -0.2) is 0 Å². The molecule has 2 nitrogen and oxygen atoms in total. The Morgan fingerprint density at radius 1 is 1.35 bits per heavy atom. The summed E-state index contributed by atoms with van der Waals surface area (Å²) >= 11 is 1.77. The van der Waals surface area contributed by atoms with Crippen molar-refractivity contribution in [2.75, 3.05) is 12.0 Å². The monoisotopic (exact) mass is 252 g/mol. The van der Waals surface area contributed by atoms with E-state index in [1.807, 2.05) is 37.3 Å². The molecule has 17 heavy (non-hydrogen) atoms. The van der Waals surface area contributed by atoms with Gasteiger partial charge >= 0.3 is 5.97 Å². The molecule has 0 amide bonds. The standard InChI is InChI=1S/C14H20O2S/c1-3-14(13(15)16,10-7-11-17-2)12-8-5-4-6-9-12/h4-6,8-9H,3,7,10-11H2,1-2H3,(H,15,16). The summed E-state index contributed by atoms with van der Waals surface area (Å²) in [4.78, 5) is 11.6. The van der Waals surface area contributed by atoms with Crippen LogP contribution >= 0.6 is 11.8 Å². The van der Waals surface area contributed by atoms with Crippen LogP contribution in [-0.2, 0) is 10.2 Å². The lowest BCUT2D eigenvalue weighted by atomic mass is 9.75. The van der Waals surface area contributed by atoms with Crippen molar-refractivity contribution in [1.82, 2.24) is 0 Å². The first-order valence-electron chi connectivity index (χ1n) is 5.95. The molecule has 94 valence electrons. The van der Waals surface area contributed by atoms with Gasteiger partial charge in [-0.1, -0.05) is 37.3 Å². The molecule has 0 bridgehead atoms. The third kappa shape index (κ3) is 3.25. The molecule has 0 aliphatic rings. The van der Waals surface area contributed by atoms with Crippen molar-refractivity contribution in [3.63, 3.8) is 0 Å². The molecule has 0 saturated heterocycles. The van der Waals surface area contributed by atoms with Gasteiger partial charge in [-0.2, -0.15) is 11.8 Å². The smallest absolute Gasteiger partial charge is 0.314 e. The summed E-state index contributed by atoms with van der Waals surface area (Å²) in [7, 11) is 0. The molecule has 1 rings (SSSR count). The molecule has 0 saturated carbocycles. The Kier molecular flexibility index (Phi) is 5.56. The Labute approximate surface area is 107 Å². The summed E-state index contributed by atoms with van der Waals surface area (Å²) in [6.45, 7) is 1.96. The van der Waals surface area contributed by atoms with Crippen LogP contribution in [0, 0.1) is 0 Å². The van der Waals surface area contributed by atoms with Gasteiger partial charge in [0.05, 0.1) is 5.41 Å². The summed E-state index contributed by atoms with van der Waals surface area (Å²) in [6, 6.07) is 9.61. The Balaban J connectivity index is 2.97. The Bertz CT molecular complexity index is 350. The number of carbonyl (C=O) groups is 1. The van der Waals surface area contributed by atoms with E-state index in [1.165, 1.54) is 0 Å². The fraction of sp³-hybridized carbons (Fsp3) is 0.500. The van der Waals surface area contributed by atoms with Crippen molar-refractivity contribution in [2.24, 2.45) is 0 Å². The second-order valence-electron chi connectivity index (χ2n) is 4.20.